The molecule has 0 aliphatic carbocycles. The predicted octanol–water partition coefficient (Wildman–Crippen LogP) is 5.48. The van der Waals surface area contributed by atoms with Crippen LogP contribution in [0.2, 0.25) is 0 Å². The van der Waals surface area contributed by atoms with Gasteiger partial charge < -0.3 is 18.6 Å². The maximum absolute atomic E-state index is 13.5. The van der Waals surface area contributed by atoms with Crippen LogP contribution in [0, 0.1) is 0 Å². The zero-order valence-electron chi connectivity index (χ0n) is 19.1. The van der Waals surface area contributed by atoms with Crippen LogP contribution in [0.1, 0.15) is 5.56 Å². The van der Waals surface area contributed by atoms with Gasteiger partial charge in [0.15, 0.2) is 17.3 Å². The Morgan fingerprint density at radius 1 is 0.914 bits per heavy atom. The zero-order chi connectivity index (χ0) is 24.5. The first-order valence-electron chi connectivity index (χ1n) is 10.6. The first-order valence-corrected chi connectivity index (χ1v) is 11.4. The van der Waals surface area contributed by atoms with Gasteiger partial charge in [-0.25, -0.2) is 4.98 Å². The molecular formula is C26H20BrN3O5. The van der Waals surface area contributed by atoms with E-state index in [4.69, 9.17) is 23.6 Å². The highest BCUT2D eigenvalue weighted by Crippen LogP contribution is 2.34. The fourth-order valence-corrected chi connectivity index (χ4v) is 4.23. The quantitative estimate of drug-likeness (QED) is 0.268. The van der Waals surface area contributed by atoms with Crippen molar-refractivity contribution in [3.05, 3.63) is 81.1 Å². The van der Waals surface area contributed by atoms with Crippen molar-refractivity contribution in [3.63, 3.8) is 0 Å². The number of hydrogen-bond acceptors (Lipinski definition) is 7. The third kappa shape index (κ3) is 4.04. The minimum atomic E-state index is -0.328. The first kappa shape index (κ1) is 22.7. The summed E-state index contributed by atoms with van der Waals surface area (Å²) in [6, 6.07) is 17.9. The van der Waals surface area contributed by atoms with Gasteiger partial charge in [0.05, 0.1) is 43.8 Å². The van der Waals surface area contributed by atoms with Crippen LogP contribution in [0.25, 0.3) is 33.5 Å². The molecule has 0 aliphatic rings. The van der Waals surface area contributed by atoms with Gasteiger partial charge in [0.2, 0.25) is 5.82 Å². The molecule has 0 aliphatic heterocycles. The molecule has 0 atom stereocenters. The lowest BCUT2D eigenvalue weighted by atomic mass is 10.2. The topological polar surface area (TPSA) is 88.1 Å². The predicted molar refractivity (Wildman–Crippen MR) is 138 cm³/mol. The number of nitrogens with zero attached hydrogens (tertiary/aromatic N) is 3. The molecule has 3 aromatic carbocycles. The Morgan fingerprint density at radius 2 is 1.66 bits per heavy atom. The van der Waals surface area contributed by atoms with Crippen molar-refractivity contribution in [2.45, 2.75) is 0 Å². The van der Waals surface area contributed by atoms with E-state index in [9.17, 15) is 4.79 Å². The summed E-state index contributed by atoms with van der Waals surface area (Å²) >= 11 is 3.52. The summed E-state index contributed by atoms with van der Waals surface area (Å²) < 4.78 is 24.2. The number of hydrogen-bond donors (Lipinski definition) is 0. The van der Waals surface area contributed by atoms with Crippen molar-refractivity contribution in [1.82, 2.24) is 9.66 Å². The van der Waals surface area contributed by atoms with Crippen LogP contribution in [0.3, 0.4) is 0 Å². The molecular weight excluding hydrogens is 514 g/mol. The maximum atomic E-state index is 13.5. The lowest BCUT2D eigenvalue weighted by Gasteiger charge is -2.10. The van der Waals surface area contributed by atoms with E-state index in [0.717, 1.165) is 9.86 Å². The summed E-state index contributed by atoms with van der Waals surface area (Å²) in [6.07, 6.45) is 1.55. The van der Waals surface area contributed by atoms with Crippen molar-refractivity contribution < 1.29 is 18.6 Å². The normalized spacial score (nSPS) is 11.4. The average Bonchev–Trinajstić information content (AvgIpc) is 3.33. The van der Waals surface area contributed by atoms with E-state index < -0.39 is 0 Å². The molecule has 176 valence electrons. The molecule has 8 nitrogen and oxygen atoms in total. The molecule has 0 saturated carbocycles. The van der Waals surface area contributed by atoms with E-state index >= 15 is 0 Å². The fourth-order valence-electron chi connectivity index (χ4n) is 3.80. The summed E-state index contributed by atoms with van der Waals surface area (Å²) in [7, 11) is 4.71. The Kier molecular flexibility index (Phi) is 6.00. The highest BCUT2D eigenvalue weighted by atomic mass is 79.9. The minimum absolute atomic E-state index is 0.264. The van der Waals surface area contributed by atoms with E-state index in [1.54, 1.807) is 63.9 Å². The number of para-hydroxylation sites is 1. The molecule has 0 spiro atoms. The number of methoxy groups -OCH3 is 3. The van der Waals surface area contributed by atoms with Gasteiger partial charge >= 0.3 is 0 Å². The number of ether oxygens (including phenoxy) is 3. The first-order chi connectivity index (χ1) is 17.0. The summed E-state index contributed by atoms with van der Waals surface area (Å²) in [5, 5.41) is 5.71. The SMILES string of the molecule is COc1cc(Br)c(C=Nn2c(-c3cc4c(OC)cccc4o3)nc3ccccc3c2=O)cc1OC. The molecule has 2 heterocycles. The summed E-state index contributed by atoms with van der Waals surface area (Å²) in [5.41, 5.74) is 1.50. The molecule has 0 saturated heterocycles. The van der Waals surface area contributed by atoms with E-state index in [-0.39, 0.29) is 11.4 Å². The van der Waals surface area contributed by atoms with E-state index in [2.05, 4.69) is 21.0 Å². The van der Waals surface area contributed by atoms with E-state index in [1.165, 1.54) is 4.68 Å². The molecule has 2 aromatic heterocycles. The van der Waals surface area contributed by atoms with Crippen molar-refractivity contribution in [2.75, 3.05) is 21.3 Å². The Bertz CT molecular complexity index is 1660. The van der Waals surface area contributed by atoms with Crippen molar-refractivity contribution >= 4 is 44.0 Å². The number of halogens is 1. The Balaban J connectivity index is 1.72. The van der Waals surface area contributed by atoms with Crippen LogP contribution < -0.4 is 19.8 Å². The van der Waals surface area contributed by atoms with E-state index in [1.807, 2.05) is 24.3 Å². The third-order valence-electron chi connectivity index (χ3n) is 5.53. The smallest absolute Gasteiger partial charge is 0.282 e. The molecule has 35 heavy (non-hydrogen) atoms. The number of rotatable bonds is 6. The molecule has 5 aromatic rings. The number of aromatic nitrogens is 2. The van der Waals surface area contributed by atoms with Crippen LogP contribution in [-0.4, -0.2) is 37.2 Å². The molecule has 0 N–H and O–H groups in total. The number of fused-ring (bicyclic) bond motifs is 2. The monoisotopic (exact) mass is 533 g/mol. The lowest BCUT2D eigenvalue weighted by Crippen LogP contribution is -2.20. The van der Waals surface area contributed by atoms with Gasteiger partial charge in [0.1, 0.15) is 11.3 Å². The van der Waals surface area contributed by atoms with Crippen molar-refractivity contribution in [3.8, 4) is 28.8 Å². The second-order valence-electron chi connectivity index (χ2n) is 7.53. The van der Waals surface area contributed by atoms with Crippen LogP contribution in [0.4, 0.5) is 0 Å². The molecule has 0 fully saturated rings. The van der Waals surface area contributed by atoms with Gasteiger partial charge in [-0.3, -0.25) is 4.79 Å². The second kappa shape index (κ2) is 9.27. The summed E-state index contributed by atoms with van der Waals surface area (Å²) in [4.78, 5) is 18.2. The van der Waals surface area contributed by atoms with Crippen LogP contribution in [0.15, 0.2) is 79.4 Å². The van der Waals surface area contributed by atoms with Crippen LogP contribution >= 0.6 is 15.9 Å². The highest BCUT2D eigenvalue weighted by molar-refractivity contribution is 9.10. The largest absolute Gasteiger partial charge is 0.496 e. The third-order valence-corrected chi connectivity index (χ3v) is 6.22. The van der Waals surface area contributed by atoms with Crippen LogP contribution in [-0.2, 0) is 0 Å². The number of furan rings is 1. The van der Waals surface area contributed by atoms with Crippen molar-refractivity contribution in [2.24, 2.45) is 5.10 Å². The molecule has 0 bridgehead atoms. The number of benzene rings is 3. The standard InChI is InChI=1S/C26H20BrN3O5/c1-32-20-9-6-10-21-17(20)12-24(35-21)25-29-19-8-5-4-7-16(19)26(31)30(25)28-14-15-11-22(33-2)23(34-3)13-18(15)27/h4-14H,1-3H3. The van der Waals surface area contributed by atoms with Gasteiger partial charge in [-0.1, -0.05) is 18.2 Å². The highest BCUT2D eigenvalue weighted by Gasteiger charge is 2.18. The molecule has 0 amide bonds. The van der Waals surface area contributed by atoms with E-state index in [0.29, 0.717) is 45.1 Å². The van der Waals surface area contributed by atoms with Gasteiger partial charge in [0.25, 0.3) is 5.56 Å². The van der Waals surface area contributed by atoms with Gasteiger partial charge in [-0.05, 0) is 58.4 Å². The minimum Gasteiger partial charge on any atom is -0.496 e. The molecule has 0 unspecified atom stereocenters. The fraction of sp³-hybridized carbons (Fsp3) is 0.115. The second-order valence-corrected chi connectivity index (χ2v) is 8.38. The van der Waals surface area contributed by atoms with Gasteiger partial charge in [-0.15, -0.1) is 0 Å². The maximum Gasteiger partial charge on any atom is 0.282 e. The van der Waals surface area contributed by atoms with Gasteiger partial charge in [-0.2, -0.15) is 9.78 Å². The Morgan fingerprint density at radius 3 is 2.43 bits per heavy atom. The van der Waals surface area contributed by atoms with Gasteiger partial charge in [0, 0.05) is 10.0 Å². The van der Waals surface area contributed by atoms with Crippen molar-refractivity contribution in [1.29, 1.82) is 0 Å². The Hall–Kier alpha value is -4.11. The lowest BCUT2D eigenvalue weighted by molar-refractivity contribution is 0.354. The molecule has 5 rings (SSSR count). The average molecular weight is 534 g/mol. The summed E-state index contributed by atoms with van der Waals surface area (Å²) in [5.74, 6) is 2.41. The molecule has 9 heteroatoms. The molecule has 0 radical (unpaired) electrons. The summed E-state index contributed by atoms with van der Waals surface area (Å²) in [6.45, 7) is 0. The van der Waals surface area contributed by atoms with Crippen LogP contribution in [0.5, 0.6) is 17.2 Å². The zero-order valence-corrected chi connectivity index (χ0v) is 20.7. The Labute approximate surface area is 208 Å².